The summed E-state index contributed by atoms with van der Waals surface area (Å²) >= 11 is 0. The van der Waals surface area contributed by atoms with Crippen molar-refractivity contribution in [3.8, 4) is 0 Å². The minimum Gasteiger partial charge on any atom is -0.377 e. The summed E-state index contributed by atoms with van der Waals surface area (Å²) in [6, 6.07) is 4.66. The lowest BCUT2D eigenvalue weighted by Crippen LogP contribution is -2.27. The van der Waals surface area contributed by atoms with E-state index < -0.39 is 4.92 Å². The van der Waals surface area contributed by atoms with Gasteiger partial charge in [0.15, 0.2) is 0 Å². The number of hydrogen-bond donors (Lipinski definition) is 2. The zero-order valence-electron chi connectivity index (χ0n) is 12.4. The van der Waals surface area contributed by atoms with Gasteiger partial charge in [0.2, 0.25) is 0 Å². The largest absolute Gasteiger partial charge is 0.377 e. The lowest BCUT2D eigenvalue weighted by atomic mass is 9.87. The van der Waals surface area contributed by atoms with E-state index in [0.29, 0.717) is 17.2 Å². The SMILES string of the molecule is CNC(=O)c1ccc([N+](=O)[O-])c(NC2CCCC(C)C2)c1. The van der Waals surface area contributed by atoms with Crippen LogP contribution in [0.2, 0.25) is 0 Å². The first-order valence-electron chi connectivity index (χ1n) is 7.28. The van der Waals surface area contributed by atoms with Gasteiger partial charge >= 0.3 is 0 Å². The van der Waals surface area contributed by atoms with E-state index in [4.69, 9.17) is 0 Å². The van der Waals surface area contributed by atoms with Crippen molar-refractivity contribution in [1.29, 1.82) is 0 Å². The van der Waals surface area contributed by atoms with Gasteiger partial charge < -0.3 is 10.6 Å². The Labute approximate surface area is 124 Å². The van der Waals surface area contributed by atoms with Crippen molar-refractivity contribution in [2.45, 2.75) is 38.6 Å². The molecule has 2 N–H and O–H groups in total. The van der Waals surface area contributed by atoms with Gasteiger partial charge in [0.1, 0.15) is 5.69 Å². The fourth-order valence-corrected chi connectivity index (χ4v) is 2.88. The molecular weight excluding hydrogens is 270 g/mol. The standard InChI is InChI=1S/C15H21N3O3/c1-10-4-3-5-12(8-10)17-13-9-11(15(19)16-2)6-7-14(13)18(20)21/h6-7,9-10,12,17H,3-5,8H2,1-2H3,(H,16,19). The highest BCUT2D eigenvalue weighted by atomic mass is 16.6. The zero-order valence-corrected chi connectivity index (χ0v) is 12.4. The topological polar surface area (TPSA) is 84.3 Å². The number of nitrogens with zero attached hydrogens (tertiary/aromatic N) is 1. The first-order valence-corrected chi connectivity index (χ1v) is 7.28. The summed E-state index contributed by atoms with van der Waals surface area (Å²) in [5, 5.41) is 16.9. The Kier molecular flexibility index (Phi) is 4.77. The van der Waals surface area contributed by atoms with Crippen LogP contribution in [0.25, 0.3) is 0 Å². The summed E-state index contributed by atoms with van der Waals surface area (Å²) in [7, 11) is 1.54. The maximum Gasteiger partial charge on any atom is 0.292 e. The lowest BCUT2D eigenvalue weighted by Gasteiger charge is -2.28. The highest BCUT2D eigenvalue weighted by molar-refractivity contribution is 5.95. The van der Waals surface area contributed by atoms with E-state index in [9.17, 15) is 14.9 Å². The first kappa shape index (κ1) is 15.3. The van der Waals surface area contributed by atoms with Gasteiger partial charge in [-0.25, -0.2) is 0 Å². The van der Waals surface area contributed by atoms with E-state index in [1.807, 2.05) is 0 Å². The third-order valence-corrected chi connectivity index (χ3v) is 3.98. The molecule has 1 saturated carbocycles. The minimum absolute atomic E-state index is 0.0147. The highest BCUT2D eigenvalue weighted by Gasteiger charge is 2.23. The molecular formula is C15H21N3O3. The summed E-state index contributed by atoms with van der Waals surface area (Å²) in [5.41, 5.74) is 0.871. The molecule has 2 unspecified atom stereocenters. The van der Waals surface area contributed by atoms with E-state index >= 15 is 0 Å². The summed E-state index contributed by atoms with van der Waals surface area (Å²) in [4.78, 5) is 22.4. The number of nitro benzene ring substituents is 1. The fraction of sp³-hybridized carbons (Fsp3) is 0.533. The number of benzene rings is 1. The van der Waals surface area contributed by atoms with Crippen molar-refractivity contribution in [2.75, 3.05) is 12.4 Å². The smallest absolute Gasteiger partial charge is 0.292 e. The second-order valence-electron chi connectivity index (χ2n) is 5.68. The van der Waals surface area contributed by atoms with Crippen LogP contribution >= 0.6 is 0 Å². The molecule has 21 heavy (non-hydrogen) atoms. The van der Waals surface area contributed by atoms with Gasteiger partial charge in [0.05, 0.1) is 4.92 Å². The minimum atomic E-state index is -0.414. The molecule has 6 heteroatoms. The molecule has 114 valence electrons. The van der Waals surface area contributed by atoms with E-state index in [1.54, 1.807) is 13.1 Å². The molecule has 1 aliphatic rings. The molecule has 1 aliphatic carbocycles. The van der Waals surface area contributed by atoms with Gasteiger partial charge in [0.25, 0.3) is 11.6 Å². The molecule has 0 spiro atoms. The molecule has 1 aromatic carbocycles. The van der Waals surface area contributed by atoms with Gasteiger partial charge in [-0.2, -0.15) is 0 Å². The molecule has 1 fully saturated rings. The lowest BCUT2D eigenvalue weighted by molar-refractivity contribution is -0.384. The number of anilines is 1. The number of hydrogen-bond acceptors (Lipinski definition) is 4. The van der Waals surface area contributed by atoms with Crippen molar-refractivity contribution in [2.24, 2.45) is 5.92 Å². The molecule has 0 saturated heterocycles. The van der Waals surface area contributed by atoms with Crippen LogP contribution in [0.3, 0.4) is 0 Å². The Morgan fingerprint density at radius 2 is 2.14 bits per heavy atom. The summed E-state index contributed by atoms with van der Waals surface area (Å²) in [5.74, 6) is 0.377. The average molecular weight is 291 g/mol. The third-order valence-electron chi connectivity index (χ3n) is 3.98. The van der Waals surface area contributed by atoms with Crippen molar-refractivity contribution < 1.29 is 9.72 Å². The zero-order chi connectivity index (χ0) is 15.4. The van der Waals surface area contributed by atoms with Gasteiger partial charge in [-0.1, -0.05) is 19.8 Å². The molecule has 2 atom stereocenters. The van der Waals surface area contributed by atoms with E-state index in [2.05, 4.69) is 17.6 Å². The first-order chi connectivity index (χ1) is 10.0. The Morgan fingerprint density at radius 3 is 2.76 bits per heavy atom. The van der Waals surface area contributed by atoms with Crippen molar-refractivity contribution >= 4 is 17.3 Å². The molecule has 6 nitrogen and oxygen atoms in total. The van der Waals surface area contributed by atoms with Crippen LogP contribution in [-0.2, 0) is 0 Å². The second kappa shape index (κ2) is 6.56. The van der Waals surface area contributed by atoms with Crippen LogP contribution in [0.4, 0.5) is 11.4 Å². The molecule has 1 amide bonds. The number of nitrogens with one attached hydrogen (secondary N) is 2. The quantitative estimate of drug-likeness (QED) is 0.660. The molecule has 0 bridgehead atoms. The molecule has 0 radical (unpaired) electrons. The molecule has 1 aromatic rings. The Balaban J connectivity index is 2.25. The Hall–Kier alpha value is -2.11. The Morgan fingerprint density at radius 1 is 1.38 bits per heavy atom. The number of carbonyl (C=O) groups is 1. The number of nitro groups is 1. The van der Waals surface area contributed by atoms with Gasteiger partial charge in [-0.05, 0) is 30.9 Å². The maximum atomic E-state index is 11.7. The van der Waals surface area contributed by atoms with E-state index in [-0.39, 0.29) is 17.6 Å². The van der Waals surface area contributed by atoms with Crippen LogP contribution in [-0.4, -0.2) is 23.9 Å². The normalized spacial score (nSPS) is 21.6. The third kappa shape index (κ3) is 3.71. The van der Waals surface area contributed by atoms with E-state index in [1.165, 1.54) is 18.6 Å². The number of carbonyl (C=O) groups excluding carboxylic acids is 1. The average Bonchev–Trinajstić information content (AvgIpc) is 2.46. The molecule has 0 aliphatic heterocycles. The molecule has 2 rings (SSSR count). The second-order valence-corrected chi connectivity index (χ2v) is 5.68. The maximum absolute atomic E-state index is 11.7. The van der Waals surface area contributed by atoms with E-state index in [0.717, 1.165) is 19.3 Å². The summed E-state index contributed by atoms with van der Waals surface area (Å²) in [6.45, 7) is 2.20. The summed E-state index contributed by atoms with van der Waals surface area (Å²) in [6.07, 6.45) is 4.34. The van der Waals surface area contributed by atoms with Gasteiger partial charge in [-0.3, -0.25) is 14.9 Å². The predicted octanol–water partition coefficient (Wildman–Crippen LogP) is 2.95. The monoisotopic (exact) mass is 291 g/mol. The highest BCUT2D eigenvalue weighted by Crippen LogP contribution is 2.31. The number of amides is 1. The van der Waals surface area contributed by atoms with Crippen LogP contribution in [0, 0.1) is 16.0 Å². The molecule has 0 aromatic heterocycles. The van der Waals surface area contributed by atoms with Crippen LogP contribution in [0.1, 0.15) is 43.0 Å². The summed E-state index contributed by atoms with van der Waals surface area (Å²) < 4.78 is 0. The van der Waals surface area contributed by atoms with Gasteiger partial charge in [-0.15, -0.1) is 0 Å². The predicted molar refractivity (Wildman–Crippen MR) is 81.5 cm³/mol. The fourth-order valence-electron chi connectivity index (χ4n) is 2.88. The molecule has 0 heterocycles. The van der Waals surface area contributed by atoms with Gasteiger partial charge in [0, 0.05) is 24.7 Å². The van der Waals surface area contributed by atoms with Crippen LogP contribution in [0.5, 0.6) is 0 Å². The van der Waals surface area contributed by atoms with Crippen LogP contribution in [0.15, 0.2) is 18.2 Å². The Bertz CT molecular complexity index is 545. The van der Waals surface area contributed by atoms with Crippen LogP contribution < -0.4 is 10.6 Å². The van der Waals surface area contributed by atoms with Crippen molar-refractivity contribution in [1.82, 2.24) is 5.32 Å². The van der Waals surface area contributed by atoms with Crippen molar-refractivity contribution in [3.05, 3.63) is 33.9 Å². The van der Waals surface area contributed by atoms with Crippen molar-refractivity contribution in [3.63, 3.8) is 0 Å². The number of rotatable bonds is 4.